The molecule has 0 radical (unpaired) electrons. The Balaban J connectivity index is 2.20. The summed E-state index contributed by atoms with van der Waals surface area (Å²) < 4.78 is 10.5. The number of hydrogen-bond donors (Lipinski definition) is 2. The van der Waals surface area contributed by atoms with Crippen molar-refractivity contribution >= 4 is 17.5 Å². The Morgan fingerprint density at radius 2 is 1.71 bits per heavy atom. The van der Waals surface area contributed by atoms with Gasteiger partial charge in [0.15, 0.2) is 0 Å². The number of para-hydroxylation sites is 1. The van der Waals surface area contributed by atoms with E-state index in [0.29, 0.717) is 22.7 Å². The maximum Gasteiger partial charge on any atom is 0.251 e. The van der Waals surface area contributed by atoms with E-state index in [1.165, 1.54) is 7.11 Å². The highest BCUT2D eigenvalue weighted by Crippen LogP contribution is 2.26. The van der Waals surface area contributed by atoms with Crippen molar-refractivity contribution < 1.29 is 19.1 Å². The van der Waals surface area contributed by atoms with Crippen LogP contribution in [0.5, 0.6) is 11.5 Å². The standard InChI is InChI=1S/C18H20N2O4/c1-19-18(22)13-8-9-16(24-3)14(10-13)20-17(21)11-12-6-4-5-7-15(12)23-2/h4-10H,11H2,1-3H3,(H,19,22)(H,20,21). The first-order valence-corrected chi connectivity index (χ1v) is 7.41. The molecule has 6 nitrogen and oxygen atoms in total. The molecule has 0 heterocycles. The number of anilines is 1. The predicted octanol–water partition coefficient (Wildman–Crippen LogP) is 2.24. The van der Waals surface area contributed by atoms with Crippen LogP contribution in [0.25, 0.3) is 0 Å². The Hall–Kier alpha value is -3.02. The summed E-state index contributed by atoms with van der Waals surface area (Å²) in [5.74, 6) is 0.666. The normalized spacial score (nSPS) is 9.96. The fourth-order valence-corrected chi connectivity index (χ4v) is 2.31. The van der Waals surface area contributed by atoms with Crippen molar-refractivity contribution in [3.8, 4) is 11.5 Å². The van der Waals surface area contributed by atoms with Crippen molar-refractivity contribution in [3.05, 3.63) is 53.6 Å². The highest BCUT2D eigenvalue weighted by molar-refractivity contribution is 5.98. The number of benzene rings is 2. The molecule has 126 valence electrons. The zero-order valence-electron chi connectivity index (χ0n) is 13.9. The molecule has 0 bridgehead atoms. The van der Waals surface area contributed by atoms with Gasteiger partial charge in [0.25, 0.3) is 5.91 Å². The van der Waals surface area contributed by atoms with Crippen LogP contribution in [0.4, 0.5) is 5.69 Å². The summed E-state index contributed by atoms with van der Waals surface area (Å²) in [6.07, 6.45) is 0.150. The molecule has 0 aliphatic heterocycles. The molecule has 2 aromatic rings. The number of nitrogens with one attached hydrogen (secondary N) is 2. The Morgan fingerprint density at radius 1 is 1.00 bits per heavy atom. The van der Waals surface area contributed by atoms with Crippen LogP contribution >= 0.6 is 0 Å². The second-order valence-corrected chi connectivity index (χ2v) is 5.03. The monoisotopic (exact) mass is 328 g/mol. The van der Waals surface area contributed by atoms with Crippen LogP contribution in [0.2, 0.25) is 0 Å². The Bertz CT molecular complexity index is 744. The molecule has 0 saturated carbocycles. The third-order valence-corrected chi connectivity index (χ3v) is 3.51. The van der Waals surface area contributed by atoms with Crippen LogP contribution < -0.4 is 20.1 Å². The van der Waals surface area contributed by atoms with E-state index in [-0.39, 0.29) is 18.2 Å². The summed E-state index contributed by atoms with van der Waals surface area (Å²) >= 11 is 0. The first-order chi connectivity index (χ1) is 11.6. The van der Waals surface area contributed by atoms with Gasteiger partial charge < -0.3 is 20.1 Å². The van der Waals surface area contributed by atoms with Crippen LogP contribution in [0, 0.1) is 0 Å². The van der Waals surface area contributed by atoms with Gasteiger partial charge >= 0.3 is 0 Å². The summed E-state index contributed by atoms with van der Waals surface area (Å²) in [7, 11) is 4.61. The largest absolute Gasteiger partial charge is 0.496 e. The molecule has 2 rings (SSSR count). The van der Waals surface area contributed by atoms with Gasteiger partial charge in [-0.15, -0.1) is 0 Å². The van der Waals surface area contributed by atoms with E-state index in [4.69, 9.17) is 9.47 Å². The van der Waals surface area contributed by atoms with Crippen LogP contribution in [0.3, 0.4) is 0 Å². The summed E-state index contributed by atoms with van der Waals surface area (Å²) in [5.41, 5.74) is 1.66. The van der Waals surface area contributed by atoms with Gasteiger partial charge in [0.1, 0.15) is 11.5 Å². The molecule has 0 fully saturated rings. The van der Waals surface area contributed by atoms with E-state index in [2.05, 4.69) is 10.6 Å². The lowest BCUT2D eigenvalue weighted by Crippen LogP contribution is -2.19. The molecule has 6 heteroatoms. The fourth-order valence-electron chi connectivity index (χ4n) is 2.31. The third kappa shape index (κ3) is 4.04. The second kappa shape index (κ2) is 8.01. The molecule has 0 unspecified atom stereocenters. The molecular weight excluding hydrogens is 308 g/mol. The van der Waals surface area contributed by atoms with E-state index < -0.39 is 0 Å². The van der Waals surface area contributed by atoms with Gasteiger partial charge in [-0.2, -0.15) is 0 Å². The van der Waals surface area contributed by atoms with Gasteiger partial charge in [-0.3, -0.25) is 9.59 Å². The maximum absolute atomic E-state index is 12.3. The van der Waals surface area contributed by atoms with Crippen molar-refractivity contribution in [2.24, 2.45) is 0 Å². The molecule has 2 aromatic carbocycles. The zero-order chi connectivity index (χ0) is 17.5. The Labute approximate surface area is 140 Å². The number of ether oxygens (including phenoxy) is 2. The number of methoxy groups -OCH3 is 2. The van der Waals surface area contributed by atoms with Crippen molar-refractivity contribution in [2.75, 3.05) is 26.6 Å². The van der Waals surface area contributed by atoms with Crippen molar-refractivity contribution in [3.63, 3.8) is 0 Å². The average molecular weight is 328 g/mol. The number of hydrogen-bond acceptors (Lipinski definition) is 4. The molecule has 0 atom stereocenters. The minimum absolute atomic E-state index is 0.150. The molecule has 0 saturated heterocycles. The first kappa shape index (κ1) is 17.3. The van der Waals surface area contributed by atoms with Crippen LogP contribution in [-0.2, 0) is 11.2 Å². The molecule has 0 aliphatic rings. The number of rotatable bonds is 6. The summed E-state index contributed by atoms with van der Waals surface area (Å²) in [6, 6.07) is 12.2. The van der Waals surface area contributed by atoms with Crippen molar-refractivity contribution in [1.82, 2.24) is 5.32 Å². The maximum atomic E-state index is 12.3. The van der Waals surface area contributed by atoms with E-state index in [1.54, 1.807) is 38.4 Å². The van der Waals surface area contributed by atoms with Gasteiger partial charge in [-0.1, -0.05) is 18.2 Å². The van der Waals surface area contributed by atoms with Crippen LogP contribution in [-0.4, -0.2) is 33.1 Å². The number of carbonyl (C=O) groups excluding carboxylic acids is 2. The lowest BCUT2D eigenvalue weighted by atomic mass is 10.1. The van der Waals surface area contributed by atoms with Gasteiger partial charge in [0, 0.05) is 18.2 Å². The highest BCUT2D eigenvalue weighted by atomic mass is 16.5. The number of carbonyl (C=O) groups is 2. The lowest BCUT2D eigenvalue weighted by Gasteiger charge is -2.13. The van der Waals surface area contributed by atoms with Crippen molar-refractivity contribution in [1.29, 1.82) is 0 Å². The zero-order valence-corrected chi connectivity index (χ0v) is 13.9. The average Bonchev–Trinajstić information content (AvgIpc) is 2.61. The molecule has 24 heavy (non-hydrogen) atoms. The second-order valence-electron chi connectivity index (χ2n) is 5.03. The SMILES string of the molecule is CNC(=O)c1ccc(OC)c(NC(=O)Cc2ccccc2OC)c1. The summed E-state index contributed by atoms with van der Waals surface area (Å²) in [4.78, 5) is 24.1. The predicted molar refractivity (Wildman–Crippen MR) is 91.7 cm³/mol. The van der Waals surface area contributed by atoms with Crippen LogP contribution in [0.1, 0.15) is 15.9 Å². The molecule has 0 aliphatic carbocycles. The van der Waals surface area contributed by atoms with Gasteiger partial charge in [-0.25, -0.2) is 0 Å². The Morgan fingerprint density at radius 3 is 2.38 bits per heavy atom. The molecule has 0 spiro atoms. The number of amides is 2. The minimum atomic E-state index is -0.238. The minimum Gasteiger partial charge on any atom is -0.496 e. The van der Waals surface area contributed by atoms with E-state index in [0.717, 1.165) is 5.56 Å². The van der Waals surface area contributed by atoms with Crippen molar-refractivity contribution in [2.45, 2.75) is 6.42 Å². The Kier molecular flexibility index (Phi) is 5.78. The van der Waals surface area contributed by atoms with Gasteiger partial charge in [0.2, 0.25) is 5.91 Å². The summed E-state index contributed by atoms with van der Waals surface area (Å²) in [5, 5.41) is 5.33. The third-order valence-electron chi connectivity index (χ3n) is 3.51. The van der Waals surface area contributed by atoms with Crippen LogP contribution in [0.15, 0.2) is 42.5 Å². The van der Waals surface area contributed by atoms with E-state index in [1.807, 2.05) is 18.2 Å². The molecule has 0 aromatic heterocycles. The fraction of sp³-hybridized carbons (Fsp3) is 0.222. The quantitative estimate of drug-likeness (QED) is 0.853. The van der Waals surface area contributed by atoms with E-state index >= 15 is 0 Å². The van der Waals surface area contributed by atoms with Gasteiger partial charge in [-0.05, 0) is 24.3 Å². The topological polar surface area (TPSA) is 76.7 Å². The molecule has 2 amide bonds. The molecular formula is C18H20N2O4. The lowest BCUT2D eigenvalue weighted by molar-refractivity contribution is -0.115. The first-order valence-electron chi connectivity index (χ1n) is 7.41. The summed E-state index contributed by atoms with van der Waals surface area (Å²) in [6.45, 7) is 0. The van der Waals surface area contributed by atoms with E-state index in [9.17, 15) is 9.59 Å². The smallest absolute Gasteiger partial charge is 0.251 e. The highest BCUT2D eigenvalue weighted by Gasteiger charge is 2.13. The molecule has 2 N–H and O–H groups in total. The van der Waals surface area contributed by atoms with Gasteiger partial charge in [0.05, 0.1) is 26.3 Å².